The summed E-state index contributed by atoms with van der Waals surface area (Å²) < 4.78 is 4.94. The number of nitrogens with zero attached hydrogens (tertiary/aromatic N) is 1. The van der Waals surface area contributed by atoms with Crippen molar-refractivity contribution in [1.29, 1.82) is 0 Å². The van der Waals surface area contributed by atoms with Crippen LogP contribution < -0.4 is 5.32 Å². The molecule has 2 aromatic rings. The van der Waals surface area contributed by atoms with Crippen LogP contribution in [0.25, 0.3) is 11.3 Å². The monoisotopic (exact) mass is 304 g/mol. The Balaban J connectivity index is 2.12. The van der Waals surface area contributed by atoms with E-state index in [1.54, 1.807) is 26.1 Å². The van der Waals surface area contributed by atoms with Gasteiger partial charge in [0.05, 0.1) is 24.3 Å². The number of hydrogen-bond acceptors (Lipinski definition) is 5. The van der Waals surface area contributed by atoms with Gasteiger partial charge in [0.25, 0.3) is 0 Å². The van der Waals surface area contributed by atoms with Gasteiger partial charge in [-0.15, -0.1) is 11.3 Å². The van der Waals surface area contributed by atoms with E-state index in [9.17, 15) is 9.59 Å². The van der Waals surface area contributed by atoms with E-state index in [1.165, 1.54) is 11.3 Å². The first-order valence-electron chi connectivity index (χ1n) is 6.56. The minimum absolute atomic E-state index is 0.0615. The third-order valence-electron chi connectivity index (χ3n) is 2.83. The molecule has 0 saturated heterocycles. The molecule has 0 aliphatic heterocycles. The Morgan fingerprint density at radius 2 is 2.00 bits per heavy atom. The molecule has 0 bridgehead atoms. The van der Waals surface area contributed by atoms with E-state index in [0.717, 1.165) is 16.3 Å². The molecule has 21 heavy (non-hydrogen) atoms. The van der Waals surface area contributed by atoms with Gasteiger partial charge in [0.2, 0.25) is 5.91 Å². The predicted molar refractivity (Wildman–Crippen MR) is 81.3 cm³/mol. The largest absolute Gasteiger partial charge is 0.462 e. The van der Waals surface area contributed by atoms with Gasteiger partial charge in [-0.1, -0.05) is 12.1 Å². The number of rotatable bonds is 5. The lowest BCUT2D eigenvalue weighted by Gasteiger charge is -2.02. The molecule has 1 heterocycles. The minimum atomic E-state index is -0.331. The number of hydrogen-bond donors (Lipinski definition) is 1. The molecule has 0 aliphatic rings. The number of ether oxygens (including phenoxy) is 1. The van der Waals surface area contributed by atoms with Crippen LogP contribution in [0, 0.1) is 0 Å². The van der Waals surface area contributed by atoms with E-state index < -0.39 is 0 Å². The van der Waals surface area contributed by atoms with Gasteiger partial charge in [-0.25, -0.2) is 9.78 Å². The number of likely N-dealkylation sites (N-methyl/N-ethyl adjacent to an activating group) is 1. The molecule has 1 aromatic heterocycles. The molecule has 0 aliphatic carbocycles. The molecular weight excluding hydrogens is 288 g/mol. The smallest absolute Gasteiger partial charge is 0.338 e. The zero-order chi connectivity index (χ0) is 15.2. The SMILES string of the molecule is CCOC(=O)c1ccc(-c2csc(CC(=O)NC)n2)cc1. The van der Waals surface area contributed by atoms with Crippen LogP contribution in [0.1, 0.15) is 22.3 Å². The fraction of sp³-hybridized carbons (Fsp3) is 0.267. The molecule has 0 saturated carbocycles. The van der Waals surface area contributed by atoms with Crippen molar-refractivity contribution < 1.29 is 14.3 Å². The van der Waals surface area contributed by atoms with Crippen molar-refractivity contribution in [3.8, 4) is 11.3 Å². The zero-order valence-electron chi connectivity index (χ0n) is 11.9. The van der Waals surface area contributed by atoms with Crippen molar-refractivity contribution in [2.75, 3.05) is 13.7 Å². The standard InChI is InChI=1S/C15H16N2O3S/c1-3-20-15(19)11-6-4-10(5-7-11)12-9-21-14(17-12)8-13(18)16-2/h4-7,9H,3,8H2,1-2H3,(H,16,18). The lowest BCUT2D eigenvalue weighted by atomic mass is 10.1. The summed E-state index contributed by atoms with van der Waals surface area (Å²) in [5.74, 6) is -0.392. The molecule has 1 aromatic carbocycles. The molecule has 0 atom stereocenters. The summed E-state index contributed by atoms with van der Waals surface area (Å²) in [4.78, 5) is 27.3. The lowest BCUT2D eigenvalue weighted by Crippen LogP contribution is -2.19. The van der Waals surface area contributed by atoms with Crippen LogP contribution in [0.2, 0.25) is 0 Å². The van der Waals surface area contributed by atoms with Crippen molar-refractivity contribution in [1.82, 2.24) is 10.3 Å². The van der Waals surface area contributed by atoms with E-state index in [2.05, 4.69) is 10.3 Å². The Bertz CT molecular complexity index is 635. The Kier molecular flexibility index (Phi) is 5.05. The fourth-order valence-corrected chi connectivity index (χ4v) is 2.54. The van der Waals surface area contributed by atoms with E-state index in [4.69, 9.17) is 4.74 Å². The quantitative estimate of drug-likeness (QED) is 0.860. The molecular formula is C15H16N2O3S. The van der Waals surface area contributed by atoms with E-state index in [1.807, 2.05) is 17.5 Å². The van der Waals surface area contributed by atoms with Gasteiger partial charge >= 0.3 is 5.97 Å². The van der Waals surface area contributed by atoms with E-state index in [0.29, 0.717) is 12.2 Å². The lowest BCUT2D eigenvalue weighted by molar-refractivity contribution is -0.119. The molecule has 1 amide bonds. The highest BCUT2D eigenvalue weighted by Gasteiger charge is 2.10. The number of carbonyl (C=O) groups excluding carboxylic acids is 2. The molecule has 6 heteroatoms. The first kappa shape index (κ1) is 15.2. The van der Waals surface area contributed by atoms with Crippen LogP contribution in [0.5, 0.6) is 0 Å². The van der Waals surface area contributed by atoms with Gasteiger partial charge in [0.15, 0.2) is 0 Å². The number of esters is 1. The number of carbonyl (C=O) groups is 2. The Morgan fingerprint density at radius 1 is 1.29 bits per heavy atom. The number of benzene rings is 1. The average molecular weight is 304 g/mol. The maximum atomic E-state index is 11.6. The van der Waals surface area contributed by atoms with Crippen LogP contribution in [0.4, 0.5) is 0 Å². The Labute approximate surface area is 127 Å². The maximum absolute atomic E-state index is 11.6. The van der Waals surface area contributed by atoms with Crippen molar-refractivity contribution >= 4 is 23.2 Å². The van der Waals surface area contributed by atoms with Gasteiger partial charge < -0.3 is 10.1 Å². The molecule has 110 valence electrons. The van der Waals surface area contributed by atoms with Gasteiger partial charge in [-0.05, 0) is 19.1 Å². The summed E-state index contributed by atoms with van der Waals surface area (Å²) in [6.07, 6.45) is 0.280. The van der Waals surface area contributed by atoms with Crippen LogP contribution in [-0.4, -0.2) is 30.5 Å². The summed E-state index contributed by atoms with van der Waals surface area (Å²) in [7, 11) is 1.60. The second kappa shape index (κ2) is 6.99. The third kappa shape index (κ3) is 3.88. The van der Waals surface area contributed by atoms with E-state index >= 15 is 0 Å². The molecule has 0 radical (unpaired) electrons. The third-order valence-corrected chi connectivity index (χ3v) is 3.68. The topological polar surface area (TPSA) is 68.3 Å². The van der Waals surface area contributed by atoms with E-state index in [-0.39, 0.29) is 18.3 Å². The fourth-order valence-electron chi connectivity index (χ4n) is 1.74. The number of amides is 1. The van der Waals surface area contributed by atoms with Gasteiger partial charge in [-0.2, -0.15) is 0 Å². The van der Waals surface area contributed by atoms with Gasteiger partial charge in [0.1, 0.15) is 5.01 Å². The molecule has 0 fully saturated rings. The minimum Gasteiger partial charge on any atom is -0.462 e. The summed E-state index contributed by atoms with van der Waals surface area (Å²) in [5, 5.41) is 5.23. The Hall–Kier alpha value is -2.21. The summed E-state index contributed by atoms with van der Waals surface area (Å²) in [5.41, 5.74) is 2.22. The first-order valence-corrected chi connectivity index (χ1v) is 7.44. The van der Waals surface area contributed by atoms with Crippen LogP contribution in [0.15, 0.2) is 29.6 Å². The second-order valence-electron chi connectivity index (χ2n) is 4.27. The van der Waals surface area contributed by atoms with Gasteiger partial charge in [0, 0.05) is 18.0 Å². The predicted octanol–water partition coefficient (Wildman–Crippen LogP) is 2.28. The Morgan fingerprint density at radius 3 is 2.62 bits per heavy atom. The number of aromatic nitrogens is 1. The molecule has 1 N–H and O–H groups in total. The van der Waals surface area contributed by atoms with Crippen molar-refractivity contribution in [3.05, 3.63) is 40.2 Å². The first-order chi connectivity index (χ1) is 10.1. The summed E-state index contributed by atoms with van der Waals surface area (Å²) in [6.45, 7) is 2.13. The highest BCUT2D eigenvalue weighted by atomic mass is 32.1. The van der Waals surface area contributed by atoms with Crippen LogP contribution in [-0.2, 0) is 16.0 Å². The second-order valence-corrected chi connectivity index (χ2v) is 5.22. The zero-order valence-corrected chi connectivity index (χ0v) is 12.7. The normalized spacial score (nSPS) is 10.2. The van der Waals surface area contributed by atoms with Crippen molar-refractivity contribution in [2.24, 2.45) is 0 Å². The summed E-state index contributed by atoms with van der Waals surface area (Å²) in [6, 6.07) is 7.08. The highest BCUT2D eigenvalue weighted by molar-refractivity contribution is 7.10. The van der Waals surface area contributed by atoms with Crippen molar-refractivity contribution in [2.45, 2.75) is 13.3 Å². The molecule has 0 unspecified atom stereocenters. The number of nitrogens with one attached hydrogen (secondary N) is 1. The van der Waals surface area contributed by atoms with Gasteiger partial charge in [-0.3, -0.25) is 4.79 Å². The highest BCUT2D eigenvalue weighted by Crippen LogP contribution is 2.22. The molecule has 5 nitrogen and oxygen atoms in total. The van der Waals surface area contributed by atoms with Crippen LogP contribution in [0.3, 0.4) is 0 Å². The van der Waals surface area contributed by atoms with Crippen LogP contribution >= 0.6 is 11.3 Å². The maximum Gasteiger partial charge on any atom is 0.338 e. The van der Waals surface area contributed by atoms with Crippen molar-refractivity contribution in [3.63, 3.8) is 0 Å². The summed E-state index contributed by atoms with van der Waals surface area (Å²) >= 11 is 1.44. The molecule has 0 spiro atoms. The average Bonchev–Trinajstić information content (AvgIpc) is 2.96. The number of thiazole rings is 1. The molecule has 2 rings (SSSR count).